The molecule has 1 N–H and O–H groups in total. The summed E-state index contributed by atoms with van der Waals surface area (Å²) in [4.78, 5) is 15.9. The number of thioether (sulfide) groups is 1. The third kappa shape index (κ3) is 4.93. The van der Waals surface area contributed by atoms with Crippen molar-refractivity contribution in [3.05, 3.63) is 48.3 Å². The summed E-state index contributed by atoms with van der Waals surface area (Å²) in [6, 6.07) is 9.73. The molecule has 25 heavy (non-hydrogen) atoms. The van der Waals surface area contributed by atoms with E-state index in [1.54, 1.807) is 35.8 Å². The molecule has 1 aromatic heterocycles. The molecule has 0 aliphatic carbocycles. The van der Waals surface area contributed by atoms with E-state index in [0.29, 0.717) is 13.0 Å². The lowest BCUT2D eigenvalue weighted by atomic mass is 10.2. The van der Waals surface area contributed by atoms with Gasteiger partial charge in [0.15, 0.2) is 5.17 Å². The maximum absolute atomic E-state index is 11.5. The zero-order valence-electron chi connectivity index (χ0n) is 13.8. The normalized spacial score (nSPS) is 16.8. The van der Waals surface area contributed by atoms with Gasteiger partial charge < -0.3 is 4.74 Å². The number of hydrogen-bond donors (Lipinski definition) is 1. The summed E-state index contributed by atoms with van der Waals surface area (Å²) >= 11 is 1.55. The Hall–Kier alpha value is -2.61. The van der Waals surface area contributed by atoms with E-state index in [1.165, 1.54) is 0 Å². The molecular formula is C17H19N5O2S. The highest BCUT2D eigenvalue weighted by Gasteiger charge is 2.21. The van der Waals surface area contributed by atoms with E-state index in [-0.39, 0.29) is 12.0 Å². The number of carbonyl (C=O) groups excluding carboxylic acids is 1. The summed E-state index contributed by atoms with van der Waals surface area (Å²) in [6.45, 7) is 2.20. The number of esters is 1. The highest BCUT2D eigenvalue weighted by atomic mass is 32.2. The van der Waals surface area contributed by atoms with Gasteiger partial charge in [0.2, 0.25) is 0 Å². The fraction of sp³-hybridized carbons (Fsp3) is 0.294. The Morgan fingerprint density at radius 1 is 1.48 bits per heavy atom. The molecule has 1 atom stereocenters. The van der Waals surface area contributed by atoms with Crippen molar-refractivity contribution in [2.24, 2.45) is 10.1 Å². The summed E-state index contributed by atoms with van der Waals surface area (Å²) in [7, 11) is 0. The molecule has 1 aliphatic heterocycles. The lowest BCUT2D eigenvalue weighted by Gasteiger charge is -2.04. The van der Waals surface area contributed by atoms with Crippen molar-refractivity contribution in [2.75, 3.05) is 12.4 Å². The molecule has 0 saturated carbocycles. The summed E-state index contributed by atoms with van der Waals surface area (Å²) < 4.78 is 6.74. The van der Waals surface area contributed by atoms with E-state index in [1.807, 2.05) is 36.5 Å². The molecule has 8 heteroatoms. The van der Waals surface area contributed by atoms with Crippen LogP contribution in [0.25, 0.3) is 5.69 Å². The monoisotopic (exact) mass is 357 g/mol. The minimum Gasteiger partial charge on any atom is -0.466 e. The Morgan fingerprint density at radius 3 is 3.04 bits per heavy atom. The number of aliphatic imine (C=N–C) groups is 1. The number of aromatic nitrogens is 2. The first-order chi connectivity index (χ1) is 12.2. The first kappa shape index (κ1) is 17.2. The fourth-order valence-corrected chi connectivity index (χ4v) is 3.17. The van der Waals surface area contributed by atoms with Gasteiger partial charge in [-0.05, 0) is 30.7 Å². The van der Waals surface area contributed by atoms with Crippen LogP contribution in [0.4, 0.5) is 0 Å². The Balaban J connectivity index is 1.50. The predicted octanol–water partition coefficient (Wildman–Crippen LogP) is 2.22. The number of amidine groups is 1. The summed E-state index contributed by atoms with van der Waals surface area (Å²) in [5.41, 5.74) is 4.88. The maximum Gasteiger partial charge on any atom is 0.307 e. The highest BCUT2D eigenvalue weighted by Crippen LogP contribution is 2.19. The van der Waals surface area contributed by atoms with Gasteiger partial charge >= 0.3 is 5.97 Å². The molecule has 1 aliphatic rings. The molecule has 3 rings (SSSR count). The van der Waals surface area contributed by atoms with Crippen LogP contribution >= 0.6 is 11.8 Å². The van der Waals surface area contributed by atoms with Crippen LogP contribution in [0.5, 0.6) is 0 Å². The van der Waals surface area contributed by atoms with E-state index in [0.717, 1.165) is 22.2 Å². The average Bonchev–Trinajstić information content (AvgIpc) is 3.28. The minimum absolute atomic E-state index is 0.0462. The number of rotatable bonds is 6. The highest BCUT2D eigenvalue weighted by molar-refractivity contribution is 8.14. The van der Waals surface area contributed by atoms with Crippen LogP contribution in [0, 0.1) is 0 Å². The lowest BCUT2D eigenvalue weighted by Crippen LogP contribution is -2.15. The summed E-state index contributed by atoms with van der Waals surface area (Å²) in [5, 5.41) is 9.11. The molecule has 0 saturated heterocycles. The Morgan fingerprint density at radius 2 is 2.32 bits per heavy atom. The average molecular weight is 357 g/mol. The Kier molecular flexibility index (Phi) is 5.84. The van der Waals surface area contributed by atoms with E-state index >= 15 is 0 Å². The van der Waals surface area contributed by atoms with Crippen molar-refractivity contribution in [2.45, 2.75) is 19.4 Å². The molecule has 0 amide bonds. The molecule has 2 heterocycles. The van der Waals surface area contributed by atoms with Crippen LogP contribution in [0.3, 0.4) is 0 Å². The quantitative estimate of drug-likeness (QED) is 0.487. The third-order valence-corrected chi connectivity index (χ3v) is 4.48. The Bertz CT molecular complexity index is 756. The maximum atomic E-state index is 11.5. The van der Waals surface area contributed by atoms with Gasteiger partial charge in [0.05, 0.1) is 31.0 Å². The van der Waals surface area contributed by atoms with Gasteiger partial charge in [-0.25, -0.2) is 4.68 Å². The largest absolute Gasteiger partial charge is 0.466 e. The number of carbonyl (C=O) groups is 1. The second-order valence-corrected chi connectivity index (χ2v) is 6.33. The lowest BCUT2D eigenvalue weighted by molar-refractivity contribution is -0.143. The predicted molar refractivity (Wildman–Crippen MR) is 99.2 cm³/mol. The second kappa shape index (κ2) is 8.48. The van der Waals surface area contributed by atoms with Crippen molar-refractivity contribution < 1.29 is 9.53 Å². The van der Waals surface area contributed by atoms with E-state index in [4.69, 9.17) is 4.74 Å². The zero-order chi connectivity index (χ0) is 17.5. The first-order valence-corrected chi connectivity index (χ1v) is 8.98. The molecule has 130 valence electrons. The van der Waals surface area contributed by atoms with Gasteiger partial charge in [-0.3, -0.25) is 15.2 Å². The SMILES string of the molecule is CCOC(=O)CC1CSC(N/N=C/c2ccc(-n3cccn3)cc2)=N1. The van der Waals surface area contributed by atoms with Crippen molar-refractivity contribution in [3.63, 3.8) is 0 Å². The van der Waals surface area contributed by atoms with Crippen LogP contribution in [0.2, 0.25) is 0 Å². The number of ether oxygens (including phenoxy) is 1. The van der Waals surface area contributed by atoms with E-state index in [2.05, 4.69) is 20.6 Å². The minimum atomic E-state index is -0.209. The smallest absolute Gasteiger partial charge is 0.307 e. The summed E-state index contributed by atoms with van der Waals surface area (Å²) in [6.07, 6.45) is 5.68. The van der Waals surface area contributed by atoms with Crippen molar-refractivity contribution in [1.29, 1.82) is 0 Å². The number of nitrogens with one attached hydrogen (secondary N) is 1. The molecule has 0 fully saturated rings. The first-order valence-electron chi connectivity index (χ1n) is 8.00. The van der Waals surface area contributed by atoms with Gasteiger partial charge in [-0.1, -0.05) is 23.9 Å². The van der Waals surface area contributed by atoms with Crippen LogP contribution in [0.15, 0.2) is 52.8 Å². The van der Waals surface area contributed by atoms with Gasteiger partial charge in [0.25, 0.3) is 0 Å². The molecule has 2 aromatic rings. The molecule has 7 nitrogen and oxygen atoms in total. The number of nitrogens with zero attached hydrogens (tertiary/aromatic N) is 4. The zero-order valence-corrected chi connectivity index (χ0v) is 14.6. The number of hydrogen-bond acceptors (Lipinski definition) is 7. The third-order valence-electron chi connectivity index (χ3n) is 3.46. The summed E-state index contributed by atoms with van der Waals surface area (Å²) in [5.74, 6) is 0.550. The van der Waals surface area contributed by atoms with Gasteiger partial charge in [0.1, 0.15) is 0 Å². The van der Waals surface area contributed by atoms with Crippen molar-refractivity contribution in [1.82, 2.24) is 15.2 Å². The number of benzene rings is 1. The second-order valence-electron chi connectivity index (χ2n) is 5.32. The van der Waals surface area contributed by atoms with Crippen LogP contribution in [-0.2, 0) is 9.53 Å². The van der Waals surface area contributed by atoms with Crippen molar-refractivity contribution >= 4 is 29.1 Å². The molecule has 0 radical (unpaired) electrons. The molecule has 0 spiro atoms. The van der Waals surface area contributed by atoms with Crippen molar-refractivity contribution in [3.8, 4) is 5.69 Å². The van der Waals surface area contributed by atoms with Gasteiger partial charge in [-0.2, -0.15) is 10.2 Å². The Labute approximate surface area is 150 Å². The molecule has 0 bridgehead atoms. The van der Waals surface area contributed by atoms with Crippen LogP contribution in [0.1, 0.15) is 18.9 Å². The topological polar surface area (TPSA) is 80.9 Å². The molecule has 1 aromatic carbocycles. The standard InChI is InChI=1S/C17H19N5O2S/c1-2-24-16(23)10-14-12-25-17(20-14)21-18-11-13-4-6-15(7-5-13)22-9-3-8-19-22/h3-9,11,14H,2,10,12H2,1H3,(H,20,21)/b18-11+. The fourth-order valence-electron chi connectivity index (χ4n) is 2.29. The van der Waals surface area contributed by atoms with Crippen LogP contribution < -0.4 is 5.43 Å². The number of hydrazone groups is 1. The van der Waals surface area contributed by atoms with Gasteiger partial charge in [-0.15, -0.1) is 0 Å². The van der Waals surface area contributed by atoms with E-state index in [9.17, 15) is 4.79 Å². The van der Waals surface area contributed by atoms with Crippen LogP contribution in [-0.4, -0.2) is 45.5 Å². The van der Waals surface area contributed by atoms with E-state index < -0.39 is 0 Å². The molecule has 1 unspecified atom stereocenters. The van der Waals surface area contributed by atoms with Gasteiger partial charge in [0, 0.05) is 18.1 Å². The molecular weight excluding hydrogens is 338 g/mol.